The zero-order valence-electron chi connectivity index (χ0n) is 11.0. The van der Waals surface area contributed by atoms with Crippen molar-refractivity contribution in [3.05, 3.63) is 47.7 Å². The Morgan fingerprint density at radius 2 is 2.11 bits per heavy atom. The first-order valence-electron chi connectivity index (χ1n) is 6.13. The van der Waals surface area contributed by atoms with Gasteiger partial charge in [0.2, 0.25) is 0 Å². The van der Waals surface area contributed by atoms with Crippen LogP contribution in [0.5, 0.6) is 0 Å². The first-order chi connectivity index (χ1) is 8.65. The SMILES string of the molecule is Cc1cc(NCc2cccnc2)nc(C(C)C)n1. The lowest BCUT2D eigenvalue weighted by atomic mass is 10.2. The third kappa shape index (κ3) is 3.26. The number of nitrogens with zero attached hydrogens (tertiary/aromatic N) is 3. The Labute approximate surface area is 108 Å². The summed E-state index contributed by atoms with van der Waals surface area (Å²) in [6.07, 6.45) is 3.62. The molecule has 1 N–H and O–H groups in total. The Hall–Kier alpha value is -1.97. The number of anilines is 1. The van der Waals surface area contributed by atoms with Crippen molar-refractivity contribution in [1.82, 2.24) is 15.0 Å². The van der Waals surface area contributed by atoms with E-state index >= 15 is 0 Å². The molecule has 0 saturated carbocycles. The second-order valence-corrected chi connectivity index (χ2v) is 4.62. The molecule has 0 unspecified atom stereocenters. The molecule has 4 heteroatoms. The van der Waals surface area contributed by atoms with Gasteiger partial charge in [0, 0.05) is 36.6 Å². The Kier molecular flexibility index (Phi) is 3.87. The second kappa shape index (κ2) is 5.58. The number of nitrogens with one attached hydrogen (secondary N) is 1. The van der Waals surface area contributed by atoms with Gasteiger partial charge in [0.15, 0.2) is 0 Å². The minimum Gasteiger partial charge on any atom is -0.366 e. The molecule has 2 heterocycles. The molecule has 0 aromatic carbocycles. The van der Waals surface area contributed by atoms with E-state index < -0.39 is 0 Å². The number of aryl methyl sites for hydroxylation is 1. The summed E-state index contributed by atoms with van der Waals surface area (Å²) < 4.78 is 0. The molecule has 0 atom stereocenters. The fourth-order valence-electron chi connectivity index (χ4n) is 1.64. The lowest BCUT2D eigenvalue weighted by Crippen LogP contribution is -2.06. The highest BCUT2D eigenvalue weighted by Crippen LogP contribution is 2.14. The van der Waals surface area contributed by atoms with Gasteiger partial charge in [-0.15, -0.1) is 0 Å². The summed E-state index contributed by atoms with van der Waals surface area (Å²) in [6.45, 7) is 6.91. The molecule has 0 saturated heterocycles. The predicted molar refractivity (Wildman–Crippen MR) is 72.4 cm³/mol. The molecule has 0 radical (unpaired) electrons. The highest BCUT2D eigenvalue weighted by Gasteiger charge is 2.05. The molecule has 18 heavy (non-hydrogen) atoms. The van der Waals surface area contributed by atoms with Crippen LogP contribution in [0, 0.1) is 6.92 Å². The topological polar surface area (TPSA) is 50.7 Å². The van der Waals surface area contributed by atoms with Gasteiger partial charge in [-0.2, -0.15) is 0 Å². The Morgan fingerprint density at radius 1 is 1.28 bits per heavy atom. The summed E-state index contributed by atoms with van der Waals surface area (Å²) in [5, 5.41) is 3.31. The van der Waals surface area contributed by atoms with Crippen LogP contribution in [0.15, 0.2) is 30.6 Å². The summed E-state index contributed by atoms with van der Waals surface area (Å²) in [7, 11) is 0. The van der Waals surface area contributed by atoms with Gasteiger partial charge >= 0.3 is 0 Å². The van der Waals surface area contributed by atoms with Crippen molar-refractivity contribution in [2.24, 2.45) is 0 Å². The van der Waals surface area contributed by atoms with Crippen LogP contribution in [0.1, 0.15) is 36.8 Å². The van der Waals surface area contributed by atoms with E-state index in [2.05, 4.69) is 34.1 Å². The van der Waals surface area contributed by atoms with E-state index in [1.807, 2.05) is 31.3 Å². The predicted octanol–water partition coefficient (Wildman–Crippen LogP) is 2.92. The molecule has 0 aliphatic rings. The molecule has 0 aliphatic heterocycles. The number of aromatic nitrogens is 3. The normalized spacial score (nSPS) is 10.7. The van der Waals surface area contributed by atoms with Gasteiger partial charge in [0.1, 0.15) is 11.6 Å². The van der Waals surface area contributed by atoms with Crippen LogP contribution in [-0.4, -0.2) is 15.0 Å². The van der Waals surface area contributed by atoms with Crippen molar-refractivity contribution < 1.29 is 0 Å². The quantitative estimate of drug-likeness (QED) is 0.895. The fourth-order valence-corrected chi connectivity index (χ4v) is 1.64. The van der Waals surface area contributed by atoms with Gasteiger partial charge in [0.25, 0.3) is 0 Å². The van der Waals surface area contributed by atoms with Crippen molar-refractivity contribution in [3.8, 4) is 0 Å². The first-order valence-corrected chi connectivity index (χ1v) is 6.13. The molecule has 94 valence electrons. The molecular formula is C14H18N4. The lowest BCUT2D eigenvalue weighted by molar-refractivity contribution is 0.766. The van der Waals surface area contributed by atoms with E-state index in [0.717, 1.165) is 29.4 Å². The van der Waals surface area contributed by atoms with Crippen molar-refractivity contribution in [1.29, 1.82) is 0 Å². The number of rotatable bonds is 4. The summed E-state index contributed by atoms with van der Waals surface area (Å²) in [5.41, 5.74) is 2.13. The highest BCUT2D eigenvalue weighted by atomic mass is 15.0. The summed E-state index contributed by atoms with van der Waals surface area (Å²) in [5.74, 6) is 2.09. The Balaban J connectivity index is 2.10. The van der Waals surface area contributed by atoms with Crippen LogP contribution >= 0.6 is 0 Å². The van der Waals surface area contributed by atoms with Gasteiger partial charge < -0.3 is 5.32 Å². The zero-order valence-corrected chi connectivity index (χ0v) is 11.0. The van der Waals surface area contributed by atoms with Crippen LogP contribution in [0.3, 0.4) is 0 Å². The van der Waals surface area contributed by atoms with Gasteiger partial charge in [-0.1, -0.05) is 19.9 Å². The maximum absolute atomic E-state index is 4.51. The van der Waals surface area contributed by atoms with E-state index in [1.54, 1.807) is 6.20 Å². The fraction of sp³-hybridized carbons (Fsp3) is 0.357. The standard InChI is InChI=1S/C14H18N4/c1-10(2)14-17-11(3)7-13(18-14)16-9-12-5-4-6-15-8-12/h4-8,10H,9H2,1-3H3,(H,16,17,18). The second-order valence-electron chi connectivity index (χ2n) is 4.62. The van der Waals surface area contributed by atoms with Gasteiger partial charge in [0.05, 0.1) is 0 Å². The molecule has 2 aromatic heterocycles. The third-order valence-corrected chi connectivity index (χ3v) is 2.58. The van der Waals surface area contributed by atoms with E-state index in [4.69, 9.17) is 0 Å². The number of hydrogen-bond acceptors (Lipinski definition) is 4. The van der Waals surface area contributed by atoms with Crippen LogP contribution in [0.4, 0.5) is 5.82 Å². The molecule has 0 spiro atoms. The van der Waals surface area contributed by atoms with Crippen molar-refractivity contribution in [2.75, 3.05) is 5.32 Å². The van der Waals surface area contributed by atoms with E-state index in [0.29, 0.717) is 5.92 Å². The van der Waals surface area contributed by atoms with Crippen molar-refractivity contribution in [2.45, 2.75) is 33.2 Å². The molecule has 0 amide bonds. The number of pyridine rings is 1. The minimum absolute atomic E-state index is 0.337. The van der Waals surface area contributed by atoms with E-state index in [-0.39, 0.29) is 0 Å². The van der Waals surface area contributed by atoms with Gasteiger partial charge in [-0.05, 0) is 18.6 Å². The summed E-state index contributed by atoms with van der Waals surface area (Å²) in [6, 6.07) is 5.93. The van der Waals surface area contributed by atoms with Crippen LogP contribution in [-0.2, 0) is 6.54 Å². The van der Waals surface area contributed by atoms with Crippen LogP contribution < -0.4 is 5.32 Å². The maximum Gasteiger partial charge on any atom is 0.133 e. The molecule has 4 nitrogen and oxygen atoms in total. The third-order valence-electron chi connectivity index (χ3n) is 2.58. The van der Waals surface area contributed by atoms with E-state index in [9.17, 15) is 0 Å². The van der Waals surface area contributed by atoms with E-state index in [1.165, 1.54) is 0 Å². The maximum atomic E-state index is 4.51. The van der Waals surface area contributed by atoms with Crippen molar-refractivity contribution >= 4 is 5.82 Å². The molecule has 2 aromatic rings. The average molecular weight is 242 g/mol. The Bertz CT molecular complexity index is 508. The van der Waals surface area contributed by atoms with Crippen LogP contribution in [0.2, 0.25) is 0 Å². The van der Waals surface area contributed by atoms with Gasteiger partial charge in [-0.3, -0.25) is 4.98 Å². The Morgan fingerprint density at radius 3 is 2.78 bits per heavy atom. The monoisotopic (exact) mass is 242 g/mol. The smallest absolute Gasteiger partial charge is 0.133 e. The molecule has 0 fully saturated rings. The highest BCUT2D eigenvalue weighted by molar-refractivity contribution is 5.37. The zero-order chi connectivity index (χ0) is 13.0. The minimum atomic E-state index is 0.337. The molecule has 0 aliphatic carbocycles. The van der Waals surface area contributed by atoms with Crippen molar-refractivity contribution in [3.63, 3.8) is 0 Å². The molecule has 0 bridgehead atoms. The summed E-state index contributed by atoms with van der Waals surface area (Å²) in [4.78, 5) is 13.0. The van der Waals surface area contributed by atoms with Crippen LogP contribution in [0.25, 0.3) is 0 Å². The molecular weight excluding hydrogens is 224 g/mol. The largest absolute Gasteiger partial charge is 0.366 e. The first kappa shape index (κ1) is 12.5. The summed E-state index contributed by atoms with van der Waals surface area (Å²) >= 11 is 0. The van der Waals surface area contributed by atoms with Gasteiger partial charge in [-0.25, -0.2) is 9.97 Å². The lowest BCUT2D eigenvalue weighted by Gasteiger charge is -2.10. The average Bonchev–Trinajstić information content (AvgIpc) is 2.37. The number of hydrogen-bond donors (Lipinski definition) is 1. The molecule has 2 rings (SSSR count).